The molecule has 158 valence electrons. The number of sulfone groups is 1. The van der Waals surface area contributed by atoms with E-state index >= 15 is 0 Å². The van der Waals surface area contributed by atoms with Gasteiger partial charge in [0.25, 0.3) is 0 Å². The van der Waals surface area contributed by atoms with Gasteiger partial charge in [-0.2, -0.15) is 0 Å². The molecule has 2 aliphatic carbocycles. The average Bonchev–Trinajstić information content (AvgIpc) is 3.24. The van der Waals surface area contributed by atoms with Gasteiger partial charge in [0.2, 0.25) is 0 Å². The van der Waals surface area contributed by atoms with Gasteiger partial charge in [0.1, 0.15) is 0 Å². The zero-order chi connectivity index (χ0) is 19.9. The van der Waals surface area contributed by atoms with Gasteiger partial charge in [0.05, 0.1) is 9.64 Å². The van der Waals surface area contributed by atoms with E-state index in [9.17, 15) is 8.42 Å². The van der Waals surface area contributed by atoms with Gasteiger partial charge in [-0.15, -0.1) is 0 Å². The second-order valence-electron chi connectivity index (χ2n) is 9.27. The Bertz CT molecular complexity index is 670. The molecule has 28 heavy (non-hydrogen) atoms. The van der Waals surface area contributed by atoms with Gasteiger partial charge in [-0.05, 0) is 69.7 Å². The van der Waals surface area contributed by atoms with Crippen LogP contribution >= 0.6 is 0 Å². The van der Waals surface area contributed by atoms with Gasteiger partial charge in [0, 0.05) is 6.54 Å². The molecule has 1 aromatic carbocycles. The van der Waals surface area contributed by atoms with E-state index in [4.69, 9.17) is 0 Å². The predicted octanol–water partition coefficient (Wildman–Crippen LogP) is 5.85. The summed E-state index contributed by atoms with van der Waals surface area (Å²) in [4.78, 5) is 3.03. The molecule has 0 radical (unpaired) electrons. The van der Waals surface area contributed by atoms with E-state index in [-0.39, 0.29) is 0 Å². The van der Waals surface area contributed by atoms with Crippen LogP contribution in [0.4, 0.5) is 0 Å². The van der Waals surface area contributed by atoms with E-state index in [0.29, 0.717) is 4.90 Å². The molecule has 3 fully saturated rings. The van der Waals surface area contributed by atoms with Crippen molar-refractivity contribution in [3.63, 3.8) is 0 Å². The van der Waals surface area contributed by atoms with Crippen molar-refractivity contribution in [1.82, 2.24) is 4.90 Å². The number of nitrogens with zero attached hydrogens (tertiary/aromatic N) is 1. The first kappa shape index (κ1) is 21.8. The third-order valence-electron chi connectivity index (χ3n) is 6.99. The van der Waals surface area contributed by atoms with Crippen LogP contribution in [0.3, 0.4) is 0 Å². The van der Waals surface area contributed by atoms with E-state index in [1.165, 1.54) is 58.0 Å². The van der Waals surface area contributed by atoms with E-state index in [2.05, 4.69) is 11.8 Å². The standard InChI is InChI=1S/C19H29NO2S.C5H10/c1-17-8-5-14-20(16-17)15-7-13-19(11-6-12-19)23(21,22)18-9-3-2-4-10-18;1-2-4-5-3-1/h2-4,9-10,17H,5-8,11-16H2,1H3;1-5H2. The summed E-state index contributed by atoms with van der Waals surface area (Å²) in [5, 5.41) is 0. The minimum absolute atomic E-state index is 0.490. The van der Waals surface area contributed by atoms with Crippen molar-refractivity contribution in [2.24, 2.45) is 5.92 Å². The molecule has 1 atom stereocenters. The topological polar surface area (TPSA) is 37.4 Å². The van der Waals surface area contributed by atoms with Gasteiger partial charge in [-0.25, -0.2) is 8.42 Å². The molecule has 0 N–H and O–H groups in total. The predicted molar refractivity (Wildman–Crippen MR) is 117 cm³/mol. The first-order chi connectivity index (χ1) is 13.5. The van der Waals surface area contributed by atoms with Crippen molar-refractivity contribution in [2.45, 2.75) is 93.6 Å². The number of hydrogen-bond donors (Lipinski definition) is 0. The van der Waals surface area contributed by atoms with Crippen molar-refractivity contribution in [3.05, 3.63) is 30.3 Å². The second-order valence-corrected chi connectivity index (χ2v) is 11.6. The molecule has 0 amide bonds. The molecule has 4 rings (SSSR count). The molecule has 0 aromatic heterocycles. The zero-order valence-corrected chi connectivity index (χ0v) is 18.6. The molecular formula is C24H39NO2S. The van der Waals surface area contributed by atoms with Crippen molar-refractivity contribution in [2.75, 3.05) is 19.6 Å². The van der Waals surface area contributed by atoms with Gasteiger partial charge in [-0.1, -0.05) is 63.6 Å². The summed E-state index contributed by atoms with van der Waals surface area (Å²) in [6.07, 6.45) is 14.7. The molecule has 0 bridgehead atoms. The van der Waals surface area contributed by atoms with Crippen molar-refractivity contribution >= 4 is 9.84 Å². The third-order valence-corrected chi connectivity index (χ3v) is 9.63. The van der Waals surface area contributed by atoms with E-state index in [0.717, 1.165) is 44.6 Å². The number of likely N-dealkylation sites (tertiary alicyclic amines) is 1. The first-order valence-corrected chi connectivity index (χ1v) is 13.0. The van der Waals surface area contributed by atoms with Crippen LogP contribution < -0.4 is 0 Å². The van der Waals surface area contributed by atoms with Crippen LogP contribution in [0.25, 0.3) is 0 Å². The summed E-state index contributed by atoms with van der Waals surface area (Å²) in [5.41, 5.74) is 0. The lowest BCUT2D eigenvalue weighted by Gasteiger charge is -2.42. The highest BCUT2D eigenvalue weighted by molar-refractivity contribution is 7.93. The van der Waals surface area contributed by atoms with Crippen LogP contribution in [0.15, 0.2) is 35.2 Å². The van der Waals surface area contributed by atoms with Gasteiger partial charge >= 0.3 is 0 Å². The van der Waals surface area contributed by atoms with Crippen LogP contribution in [0.1, 0.15) is 84.0 Å². The van der Waals surface area contributed by atoms with Crippen molar-refractivity contribution < 1.29 is 8.42 Å². The summed E-state index contributed by atoms with van der Waals surface area (Å²) in [7, 11) is -3.20. The maximum absolute atomic E-state index is 13.1. The summed E-state index contributed by atoms with van der Waals surface area (Å²) >= 11 is 0. The molecule has 1 aliphatic heterocycles. The first-order valence-electron chi connectivity index (χ1n) is 11.6. The quantitative estimate of drug-likeness (QED) is 0.596. The highest BCUT2D eigenvalue weighted by Crippen LogP contribution is 2.46. The number of piperidine rings is 1. The fraction of sp³-hybridized carbons (Fsp3) is 0.750. The second kappa shape index (κ2) is 10.2. The van der Waals surface area contributed by atoms with Crippen LogP contribution in [0.2, 0.25) is 0 Å². The molecule has 1 saturated heterocycles. The van der Waals surface area contributed by atoms with E-state index in [1.807, 2.05) is 18.2 Å². The number of benzene rings is 1. The smallest absolute Gasteiger partial charge is 0.184 e. The van der Waals surface area contributed by atoms with Crippen molar-refractivity contribution in [3.8, 4) is 0 Å². The molecule has 2 saturated carbocycles. The SMILES string of the molecule is C1CCCC1.CC1CCCN(CCCC2(S(=O)(=O)c3ccccc3)CCC2)C1. The summed E-state index contributed by atoms with van der Waals surface area (Å²) < 4.78 is 25.6. The molecule has 3 nitrogen and oxygen atoms in total. The highest BCUT2D eigenvalue weighted by Gasteiger charge is 2.48. The highest BCUT2D eigenvalue weighted by atomic mass is 32.2. The Morgan fingerprint density at radius 1 is 0.964 bits per heavy atom. The Balaban J connectivity index is 0.000000391. The fourth-order valence-electron chi connectivity index (χ4n) is 5.07. The Labute approximate surface area is 172 Å². The largest absolute Gasteiger partial charge is 0.303 e. The summed E-state index contributed by atoms with van der Waals surface area (Å²) in [6.45, 7) is 5.73. The summed E-state index contributed by atoms with van der Waals surface area (Å²) in [6, 6.07) is 9.04. The summed E-state index contributed by atoms with van der Waals surface area (Å²) in [5.74, 6) is 0.787. The van der Waals surface area contributed by atoms with Crippen LogP contribution in [0, 0.1) is 5.92 Å². The van der Waals surface area contributed by atoms with Gasteiger partial charge in [0.15, 0.2) is 9.84 Å². The molecule has 1 aromatic rings. The molecule has 1 unspecified atom stereocenters. The van der Waals surface area contributed by atoms with Crippen LogP contribution in [-0.2, 0) is 9.84 Å². The number of hydrogen-bond acceptors (Lipinski definition) is 3. The molecule has 0 spiro atoms. The van der Waals surface area contributed by atoms with Gasteiger partial charge < -0.3 is 4.90 Å². The zero-order valence-electron chi connectivity index (χ0n) is 17.7. The lowest BCUT2D eigenvalue weighted by atomic mass is 9.81. The third kappa shape index (κ3) is 5.38. The van der Waals surface area contributed by atoms with Crippen LogP contribution in [-0.4, -0.2) is 37.7 Å². The fourth-order valence-corrected chi connectivity index (χ4v) is 7.33. The minimum Gasteiger partial charge on any atom is -0.303 e. The molecule has 4 heteroatoms. The number of rotatable bonds is 6. The molecular weight excluding hydrogens is 366 g/mol. The Hall–Kier alpha value is -0.870. The Morgan fingerprint density at radius 3 is 2.14 bits per heavy atom. The monoisotopic (exact) mass is 405 g/mol. The normalized spacial score (nSPS) is 24.8. The maximum atomic E-state index is 13.1. The minimum atomic E-state index is -3.20. The molecule has 1 heterocycles. The Kier molecular flexibility index (Phi) is 7.99. The van der Waals surface area contributed by atoms with E-state index < -0.39 is 14.6 Å². The lowest BCUT2D eigenvalue weighted by molar-refractivity contribution is 0.174. The van der Waals surface area contributed by atoms with Crippen LogP contribution in [0.5, 0.6) is 0 Å². The Morgan fingerprint density at radius 2 is 1.61 bits per heavy atom. The lowest BCUT2D eigenvalue weighted by Crippen LogP contribution is -2.46. The van der Waals surface area contributed by atoms with Gasteiger partial charge in [-0.3, -0.25) is 0 Å². The maximum Gasteiger partial charge on any atom is 0.184 e. The van der Waals surface area contributed by atoms with E-state index in [1.54, 1.807) is 12.1 Å². The van der Waals surface area contributed by atoms with Crippen molar-refractivity contribution in [1.29, 1.82) is 0 Å². The molecule has 3 aliphatic rings. The average molecular weight is 406 g/mol.